The van der Waals surface area contributed by atoms with Crippen LogP contribution in [-0.2, 0) is 11.3 Å². The fraction of sp³-hybridized carbons (Fsp3) is 0.212. The van der Waals surface area contributed by atoms with Crippen molar-refractivity contribution >= 4 is 22.9 Å². The third-order valence-electron chi connectivity index (χ3n) is 7.54. The first-order valence-electron chi connectivity index (χ1n) is 14.0. The lowest BCUT2D eigenvalue weighted by atomic mass is 10.1. The topological polar surface area (TPSA) is 102 Å². The fourth-order valence-corrected chi connectivity index (χ4v) is 5.51. The zero-order valence-corrected chi connectivity index (χ0v) is 22.9. The van der Waals surface area contributed by atoms with Gasteiger partial charge in [0.25, 0.3) is 0 Å². The zero-order chi connectivity index (χ0) is 28.2. The van der Waals surface area contributed by atoms with Crippen LogP contribution < -0.4 is 11.1 Å². The molecule has 2 aromatic carbocycles. The molecule has 1 aliphatic rings. The molecule has 0 spiro atoms. The van der Waals surface area contributed by atoms with E-state index in [0.29, 0.717) is 11.6 Å². The van der Waals surface area contributed by atoms with E-state index in [0.717, 1.165) is 72.6 Å². The standard InChI is InChI=1S/C33H33N7O/c1-2-30(41)36-25-11-6-7-20-39(22-25)21-23-13-15-26(16-14-23)40-32(27-12-8-19-35-31(27)34)38-29-18-17-28(37-33(29)40)24-9-4-3-5-10-24/h2-5,8-10,12-19,25H,1,6-7,11,20-22H2,(H2,34,35)(H,36,41). The average molecular weight is 544 g/mol. The number of aromatic nitrogens is 4. The van der Waals surface area contributed by atoms with Crippen LogP contribution in [0.2, 0.25) is 0 Å². The van der Waals surface area contributed by atoms with E-state index in [4.69, 9.17) is 15.7 Å². The van der Waals surface area contributed by atoms with E-state index in [1.807, 2.05) is 42.5 Å². The van der Waals surface area contributed by atoms with Crippen molar-refractivity contribution in [3.63, 3.8) is 0 Å². The second kappa shape index (κ2) is 11.7. The second-order valence-corrected chi connectivity index (χ2v) is 10.4. The number of pyridine rings is 2. The molecule has 206 valence electrons. The summed E-state index contributed by atoms with van der Waals surface area (Å²) < 4.78 is 2.06. The van der Waals surface area contributed by atoms with Crippen LogP contribution in [0.15, 0.2) is 97.7 Å². The molecule has 8 nitrogen and oxygen atoms in total. The summed E-state index contributed by atoms with van der Waals surface area (Å²) in [5.74, 6) is 1.01. The number of nitrogen functional groups attached to an aromatic ring is 1. The quantitative estimate of drug-likeness (QED) is 0.267. The molecule has 1 unspecified atom stereocenters. The Morgan fingerprint density at radius 3 is 2.61 bits per heavy atom. The van der Waals surface area contributed by atoms with Gasteiger partial charge in [-0.25, -0.2) is 15.0 Å². The number of anilines is 1. The molecular weight excluding hydrogens is 510 g/mol. The number of fused-ring (bicyclic) bond motifs is 1. The van der Waals surface area contributed by atoms with Crippen LogP contribution in [0.1, 0.15) is 24.8 Å². The van der Waals surface area contributed by atoms with Gasteiger partial charge in [0.1, 0.15) is 11.3 Å². The maximum absolute atomic E-state index is 11.9. The van der Waals surface area contributed by atoms with E-state index in [1.165, 1.54) is 11.6 Å². The van der Waals surface area contributed by atoms with Crippen molar-refractivity contribution in [2.24, 2.45) is 0 Å². The van der Waals surface area contributed by atoms with Crippen LogP contribution in [0, 0.1) is 0 Å². The molecule has 41 heavy (non-hydrogen) atoms. The van der Waals surface area contributed by atoms with Gasteiger partial charge in [0, 0.05) is 36.6 Å². The third-order valence-corrected chi connectivity index (χ3v) is 7.54. The van der Waals surface area contributed by atoms with Gasteiger partial charge in [-0.2, -0.15) is 0 Å². The van der Waals surface area contributed by atoms with Crippen LogP contribution in [0.3, 0.4) is 0 Å². The normalized spacial score (nSPS) is 15.9. The van der Waals surface area contributed by atoms with Crippen molar-refractivity contribution in [1.82, 2.24) is 29.7 Å². The number of nitrogens with zero attached hydrogens (tertiary/aromatic N) is 5. The van der Waals surface area contributed by atoms with Gasteiger partial charge in [-0.3, -0.25) is 14.3 Å². The van der Waals surface area contributed by atoms with Gasteiger partial charge in [-0.05, 0) is 67.4 Å². The third kappa shape index (κ3) is 5.73. The lowest BCUT2D eigenvalue weighted by Crippen LogP contribution is -2.41. The molecule has 0 bridgehead atoms. The van der Waals surface area contributed by atoms with Gasteiger partial charge in [0.15, 0.2) is 11.5 Å². The molecule has 8 heteroatoms. The first-order valence-corrected chi connectivity index (χ1v) is 14.0. The molecule has 0 aliphatic carbocycles. The molecule has 6 rings (SSSR count). The highest BCUT2D eigenvalue weighted by Crippen LogP contribution is 2.32. The minimum Gasteiger partial charge on any atom is -0.383 e. The van der Waals surface area contributed by atoms with Crippen LogP contribution in [-0.4, -0.2) is 49.5 Å². The number of carbonyl (C=O) groups is 1. The van der Waals surface area contributed by atoms with Gasteiger partial charge in [0.2, 0.25) is 5.91 Å². The maximum atomic E-state index is 11.9. The Morgan fingerprint density at radius 1 is 1.00 bits per heavy atom. The Hall–Kier alpha value is -4.82. The SMILES string of the molecule is C=CC(=O)NC1CCCCN(Cc2ccc(-n3c(-c4cccnc4N)nc4ccc(-c5ccccc5)nc43)cc2)C1. The van der Waals surface area contributed by atoms with Crippen LogP contribution in [0.25, 0.3) is 39.5 Å². The minimum atomic E-state index is -0.108. The van der Waals surface area contributed by atoms with Crippen molar-refractivity contribution in [3.05, 3.63) is 103 Å². The number of nitrogens with one attached hydrogen (secondary N) is 1. The first-order chi connectivity index (χ1) is 20.1. The van der Waals surface area contributed by atoms with E-state index < -0.39 is 0 Å². The number of nitrogens with two attached hydrogens (primary N) is 1. The Bertz CT molecular complexity index is 1680. The lowest BCUT2D eigenvalue weighted by Gasteiger charge is -2.25. The Balaban J connectivity index is 1.35. The molecule has 3 N–H and O–H groups in total. The smallest absolute Gasteiger partial charge is 0.243 e. The molecule has 1 saturated heterocycles. The molecule has 1 amide bonds. The largest absolute Gasteiger partial charge is 0.383 e. The monoisotopic (exact) mass is 543 g/mol. The van der Waals surface area contributed by atoms with E-state index in [2.05, 4.69) is 62.7 Å². The summed E-state index contributed by atoms with van der Waals surface area (Å²) in [4.78, 5) is 28.6. The molecule has 1 atom stereocenters. The highest BCUT2D eigenvalue weighted by atomic mass is 16.1. The van der Waals surface area contributed by atoms with Gasteiger partial charge in [-0.1, -0.05) is 55.5 Å². The first kappa shape index (κ1) is 26.4. The highest BCUT2D eigenvalue weighted by molar-refractivity contribution is 5.87. The van der Waals surface area contributed by atoms with Crippen molar-refractivity contribution in [2.45, 2.75) is 31.8 Å². The predicted octanol–water partition coefficient (Wildman–Crippen LogP) is 5.39. The number of imidazole rings is 1. The van der Waals surface area contributed by atoms with Gasteiger partial charge in [-0.15, -0.1) is 0 Å². The average Bonchev–Trinajstić information content (AvgIpc) is 3.24. The minimum absolute atomic E-state index is 0.108. The molecule has 1 aliphatic heterocycles. The predicted molar refractivity (Wildman–Crippen MR) is 163 cm³/mol. The number of amides is 1. The van der Waals surface area contributed by atoms with Crippen LogP contribution in [0.4, 0.5) is 5.82 Å². The molecule has 1 fully saturated rings. The Morgan fingerprint density at radius 2 is 1.83 bits per heavy atom. The molecule has 3 aromatic heterocycles. The molecule has 5 aromatic rings. The maximum Gasteiger partial charge on any atom is 0.243 e. The number of rotatable bonds is 7. The Labute approximate surface area is 239 Å². The summed E-state index contributed by atoms with van der Waals surface area (Å²) >= 11 is 0. The number of carbonyl (C=O) groups excluding carboxylic acids is 1. The van der Waals surface area contributed by atoms with Crippen LogP contribution >= 0.6 is 0 Å². The second-order valence-electron chi connectivity index (χ2n) is 10.4. The number of hydrogen-bond donors (Lipinski definition) is 2. The number of likely N-dealkylation sites (tertiary alicyclic amines) is 1. The summed E-state index contributed by atoms with van der Waals surface area (Å²) in [5, 5.41) is 3.08. The fourth-order valence-electron chi connectivity index (χ4n) is 5.51. The zero-order valence-electron chi connectivity index (χ0n) is 22.9. The highest BCUT2D eigenvalue weighted by Gasteiger charge is 2.21. The van der Waals surface area contributed by atoms with E-state index in [-0.39, 0.29) is 11.9 Å². The molecule has 0 radical (unpaired) electrons. The summed E-state index contributed by atoms with van der Waals surface area (Å²) in [5.41, 5.74) is 12.7. The summed E-state index contributed by atoms with van der Waals surface area (Å²) in [6.07, 6.45) is 6.23. The van der Waals surface area contributed by atoms with E-state index >= 15 is 0 Å². The summed E-state index contributed by atoms with van der Waals surface area (Å²) in [7, 11) is 0. The Kier molecular flexibility index (Phi) is 7.56. The van der Waals surface area contributed by atoms with E-state index in [1.54, 1.807) is 6.20 Å². The van der Waals surface area contributed by atoms with Crippen LogP contribution in [0.5, 0.6) is 0 Å². The number of benzene rings is 2. The van der Waals surface area contributed by atoms with Gasteiger partial charge in [0.05, 0.1) is 11.3 Å². The summed E-state index contributed by atoms with van der Waals surface area (Å²) in [6.45, 7) is 6.23. The lowest BCUT2D eigenvalue weighted by molar-refractivity contribution is -0.117. The van der Waals surface area contributed by atoms with Crippen molar-refractivity contribution in [1.29, 1.82) is 0 Å². The van der Waals surface area contributed by atoms with Crippen molar-refractivity contribution in [3.8, 4) is 28.3 Å². The van der Waals surface area contributed by atoms with E-state index in [9.17, 15) is 4.79 Å². The van der Waals surface area contributed by atoms with Gasteiger partial charge < -0.3 is 11.1 Å². The van der Waals surface area contributed by atoms with Crippen molar-refractivity contribution in [2.75, 3.05) is 18.8 Å². The molecule has 4 heterocycles. The van der Waals surface area contributed by atoms with Gasteiger partial charge >= 0.3 is 0 Å². The molecule has 0 saturated carbocycles. The molecular formula is C33H33N7O. The number of hydrogen-bond acceptors (Lipinski definition) is 6. The van der Waals surface area contributed by atoms with Crippen molar-refractivity contribution < 1.29 is 4.79 Å². The summed E-state index contributed by atoms with van der Waals surface area (Å²) in [6, 6.07) is 26.6.